The van der Waals surface area contributed by atoms with Crippen LogP contribution in [0, 0.1) is 0 Å². The van der Waals surface area contributed by atoms with E-state index in [1.807, 2.05) is 13.0 Å². The molecular formula is C17H24F3N5OS. The molecule has 0 saturated heterocycles. The number of hydrogen-bond acceptors (Lipinski definition) is 5. The zero-order valence-electron chi connectivity index (χ0n) is 15.6. The van der Waals surface area contributed by atoms with Crippen molar-refractivity contribution in [2.45, 2.75) is 58.8 Å². The molecule has 0 bridgehead atoms. The van der Waals surface area contributed by atoms with Crippen molar-refractivity contribution in [3.63, 3.8) is 0 Å². The summed E-state index contributed by atoms with van der Waals surface area (Å²) in [6, 6.07) is 1.90. The molecule has 2 rings (SSSR count). The summed E-state index contributed by atoms with van der Waals surface area (Å²) < 4.78 is 43.2. The Morgan fingerprint density at radius 3 is 2.59 bits per heavy atom. The monoisotopic (exact) mass is 403 g/mol. The fourth-order valence-electron chi connectivity index (χ4n) is 2.48. The fourth-order valence-corrected chi connectivity index (χ4v) is 3.22. The number of aliphatic imine (C=N–C) groups is 1. The Balaban J connectivity index is 1.97. The molecule has 0 aliphatic rings. The minimum absolute atomic E-state index is 0.155. The van der Waals surface area contributed by atoms with Gasteiger partial charge in [-0.1, -0.05) is 19.0 Å². The molecule has 150 valence electrons. The first kappa shape index (κ1) is 21.2. The molecule has 0 unspecified atom stereocenters. The van der Waals surface area contributed by atoms with E-state index >= 15 is 0 Å². The maximum absolute atomic E-state index is 12.6. The predicted molar refractivity (Wildman–Crippen MR) is 98.6 cm³/mol. The van der Waals surface area contributed by atoms with Gasteiger partial charge in [-0.2, -0.15) is 13.2 Å². The van der Waals surface area contributed by atoms with Crippen LogP contribution in [0.1, 0.15) is 61.7 Å². The van der Waals surface area contributed by atoms with Crippen LogP contribution in [0.5, 0.6) is 0 Å². The smallest absolute Gasteiger partial charge is 0.359 e. The number of aromatic nitrogens is 2. The second kappa shape index (κ2) is 9.72. The quantitative estimate of drug-likeness (QED) is 0.507. The zero-order valence-corrected chi connectivity index (χ0v) is 16.4. The van der Waals surface area contributed by atoms with Gasteiger partial charge in [0.1, 0.15) is 11.6 Å². The number of nitrogens with one attached hydrogen (secondary N) is 2. The van der Waals surface area contributed by atoms with Gasteiger partial charge >= 0.3 is 6.18 Å². The molecule has 0 aliphatic carbocycles. The maximum Gasteiger partial charge on any atom is 0.434 e. The SMILES string of the molecule is CCNC(=NCc1cc(C(CC)CC)no1)NCc1nc(C(F)(F)F)cs1. The van der Waals surface area contributed by atoms with E-state index in [2.05, 4.69) is 39.6 Å². The summed E-state index contributed by atoms with van der Waals surface area (Å²) >= 11 is 0.958. The lowest BCUT2D eigenvalue weighted by molar-refractivity contribution is -0.140. The van der Waals surface area contributed by atoms with E-state index in [0.29, 0.717) is 29.2 Å². The van der Waals surface area contributed by atoms with Crippen molar-refractivity contribution in [3.05, 3.63) is 33.6 Å². The van der Waals surface area contributed by atoms with Crippen molar-refractivity contribution in [1.82, 2.24) is 20.8 Å². The lowest BCUT2D eigenvalue weighted by Crippen LogP contribution is -2.36. The van der Waals surface area contributed by atoms with E-state index in [1.54, 1.807) is 0 Å². The third-order valence-electron chi connectivity index (χ3n) is 3.97. The second-order valence-electron chi connectivity index (χ2n) is 5.90. The van der Waals surface area contributed by atoms with Crippen molar-refractivity contribution in [2.24, 2.45) is 4.99 Å². The molecule has 0 saturated carbocycles. The van der Waals surface area contributed by atoms with Gasteiger partial charge in [0.2, 0.25) is 0 Å². The van der Waals surface area contributed by atoms with Crippen LogP contribution in [0.25, 0.3) is 0 Å². The Labute approximate surface area is 160 Å². The van der Waals surface area contributed by atoms with Crippen molar-refractivity contribution < 1.29 is 17.7 Å². The molecule has 0 amide bonds. The molecule has 0 fully saturated rings. The molecule has 27 heavy (non-hydrogen) atoms. The van der Waals surface area contributed by atoms with Gasteiger partial charge in [-0.05, 0) is 19.8 Å². The molecule has 2 aromatic heterocycles. The van der Waals surface area contributed by atoms with Gasteiger partial charge in [0.05, 0.1) is 12.2 Å². The minimum Gasteiger partial charge on any atom is -0.359 e. The molecule has 2 aromatic rings. The van der Waals surface area contributed by atoms with Crippen LogP contribution < -0.4 is 10.6 Å². The number of rotatable bonds is 8. The average molecular weight is 403 g/mol. The van der Waals surface area contributed by atoms with Crippen LogP contribution in [0.15, 0.2) is 21.0 Å². The van der Waals surface area contributed by atoms with E-state index in [0.717, 1.165) is 35.3 Å². The van der Waals surface area contributed by atoms with E-state index in [4.69, 9.17) is 4.52 Å². The summed E-state index contributed by atoms with van der Waals surface area (Å²) in [5.74, 6) is 1.48. The summed E-state index contributed by atoms with van der Waals surface area (Å²) in [6.07, 6.45) is -2.44. The van der Waals surface area contributed by atoms with Crippen LogP contribution in [-0.2, 0) is 19.3 Å². The summed E-state index contributed by atoms with van der Waals surface area (Å²) in [7, 11) is 0. The number of hydrogen-bond donors (Lipinski definition) is 2. The standard InChI is InChI=1S/C17H24F3N5OS/c1-4-11(5-2)13-7-12(26-25-13)8-22-16(21-6-3)23-9-15-24-14(10-27-15)17(18,19)20/h7,10-11H,4-6,8-9H2,1-3H3,(H2,21,22,23). The van der Waals surface area contributed by atoms with E-state index in [9.17, 15) is 13.2 Å². The van der Waals surface area contributed by atoms with E-state index < -0.39 is 11.9 Å². The van der Waals surface area contributed by atoms with Crippen LogP contribution in [0.4, 0.5) is 13.2 Å². The first-order valence-corrected chi connectivity index (χ1v) is 9.74. The van der Waals surface area contributed by atoms with Crippen molar-refractivity contribution in [3.8, 4) is 0 Å². The molecule has 0 aliphatic heterocycles. The zero-order chi connectivity index (χ0) is 19.9. The molecule has 0 atom stereocenters. The normalized spacial score (nSPS) is 12.6. The largest absolute Gasteiger partial charge is 0.434 e. The van der Waals surface area contributed by atoms with Gasteiger partial charge in [0.25, 0.3) is 0 Å². The lowest BCUT2D eigenvalue weighted by atomic mass is 9.99. The minimum atomic E-state index is -4.42. The Morgan fingerprint density at radius 1 is 1.26 bits per heavy atom. The average Bonchev–Trinajstić information content (AvgIpc) is 3.28. The fraction of sp³-hybridized carbons (Fsp3) is 0.588. The van der Waals surface area contributed by atoms with Gasteiger partial charge in [0, 0.05) is 23.9 Å². The van der Waals surface area contributed by atoms with E-state index in [-0.39, 0.29) is 13.1 Å². The highest BCUT2D eigenvalue weighted by molar-refractivity contribution is 7.09. The van der Waals surface area contributed by atoms with Crippen molar-refractivity contribution >= 4 is 17.3 Å². The third-order valence-corrected chi connectivity index (χ3v) is 4.82. The molecule has 0 radical (unpaired) electrons. The van der Waals surface area contributed by atoms with Gasteiger partial charge in [-0.25, -0.2) is 9.98 Å². The molecule has 0 aromatic carbocycles. The summed E-state index contributed by atoms with van der Waals surface area (Å²) in [5.41, 5.74) is 0.0486. The number of nitrogens with zero attached hydrogens (tertiary/aromatic N) is 3. The highest BCUT2D eigenvalue weighted by atomic mass is 32.1. The number of alkyl halides is 3. The van der Waals surface area contributed by atoms with Crippen LogP contribution in [0.2, 0.25) is 0 Å². The Morgan fingerprint density at radius 2 is 2.00 bits per heavy atom. The molecule has 0 spiro atoms. The van der Waals surface area contributed by atoms with Gasteiger partial charge in [-0.3, -0.25) is 0 Å². The second-order valence-corrected chi connectivity index (χ2v) is 6.85. The highest BCUT2D eigenvalue weighted by Gasteiger charge is 2.33. The van der Waals surface area contributed by atoms with Gasteiger partial charge in [-0.15, -0.1) is 11.3 Å². The lowest BCUT2D eigenvalue weighted by Gasteiger charge is -2.09. The molecular weight excluding hydrogens is 379 g/mol. The maximum atomic E-state index is 12.6. The van der Waals surface area contributed by atoms with Crippen LogP contribution >= 0.6 is 11.3 Å². The first-order chi connectivity index (χ1) is 12.9. The van der Waals surface area contributed by atoms with Crippen molar-refractivity contribution in [2.75, 3.05) is 6.54 Å². The Hall–Kier alpha value is -2.10. The molecule has 10 heteroatoms. The molecule has 6 nitrogen and oxygen atoms in total. The molecule has 2 N–H and O–H groups in total. The summed E-state index contributed by atoms with van der Waals surface area (Å²) in [5, 5.41) is 11.5. The topological polar surface area (TPSA) is 75.3 Å². The predicted octanol–water partition coefficient (Wildman–Crippen LogP) is 4.31. The summed E-state index contributed by atoms with van der Waals surface area (Å²) in [6.45, 7) is 7.18. The first-order valence-electron chi connectivity index (χ1n) is 8.86. The van der Waals surface area contributed by atoms with Crippen molar-refractivity contribution in [1.29, 1.82) is 0 Å². The van der Waals surface area contributed by atoms with Gasteiger partial charge < -0.3 is 15.2 Å². The van der Waals surface area contributed by atoms with E-state index in [1.165, 1.54) is 0 Å². The Bertz CT molecular complexity index is 737. The number of thiazole rings is 1. The van der Waals surface area contributed by atoms with Crippen LogP contribution in [0.3, 0.4) is 0 Å². The molecule has 2 heterocycles. The van der Waals surface area contributed by atoms with Crippen LogP contribution in [-0.4, -0.2) is 22.6 Å². The third kappa shape index (κ3) is 6.23. The highest BCUT2D eigenvalue weighted by Crippen LogP contribution is 2.29. The number of halogens is 3. The summed E-state index contributed by atoms with van der Waals surface area (Å²) in [4.78, 5) is 7.99. The number of guanidine groups is 1. The van der Waals surface area contributed by atoms with Gasteiger partial charge in [0.15, 0.2) is 17.4 Å². The Kier molecular flexibility index (Phi) is 7.64.